The van der Waals surface area contributed by atoms with E-state index < -0.39 is 0 Å². The normalized spacial score (nSPS) is 11.2. The van der Waals surface area contributed by atoms with Crippen LogP contribution in [0.3, 0.4) is 0 Å². The van der Waals surface area contributed by atoms with Crippen molar-refractivity contribution >= 4 is 21.8 Å². The van der Waals surface area contributed by atoms with Crippen LogP contribution < -0.4 is 0 Å². The van der Waals surface area contributed by atoms with Gasteiger partial charge in [0.2, 0.25) is 0 Å². The highest BCUT2D eigenvalue weighted by Crippen LogP contribution is 2.31. The van der Waals surface area contributed by atoms with Crippen LogP contribution in [-0.4, -0.2) is 19.9 Å². The molecule has 0 fully saturated rings. The summed E-state index contributed by atoms with van der Waals surface area (Å²) in [5.41, 5.74) is 11.0. The molecule has 5 aromatic carbocycles. The maximum atomic E-state index is 5.00. The highest BCUT2D eigenvalue weighted by Gasteiger charge is 2.11. The highest BCUT2D eigenvalue weighted by atomic mass is 14.9. The van der Waals surface area contributed by atoms with Gasteiger partial charge in [-0.3, -0.25) is 4.98 Å². The van der Waals surface area contributed by atoms with Crippen LogP contribution >= 0.6 is 0 Å². The predicted molar refractivity (Wildman–Crippen MR) is 180 cm³/mol. The molecule has 0 unspecified atom stereocenters. The minimum atomic E-state index is 0.715. The van der Waals surface area contributed by atoms with E-state index in [0.29, 0.717) is 5.82 Å². The molecule has 0 aliphatic rings. The Morgan fingerprint density at radius 2 is 0.818 bits per heavy atom. The van der Waals surface area contributed by atoms with E-state index in [9.17, 15) is 0 Å². The van der Waals surface area contributed by atoms with Crippen molar-refractivity contribution < 1.29 is 0 Å². The Kier molecular flexibility index (Phi) is 6.43. The van der Waals surface area contributed by atoms with Crippen molar-refractivity contribution in [3.05, 3.63) is 158 Å². The molecule has 0 radical (unpaired) electrons. The molecule has 0 spiro atoms. The summed E-state index contributed by atoms with van der Waals surface area (Å²) < 4.78 is 0. The van der Waals surface area contributed by atoms with Gasteiger partial charge in [0.1, 0.15) is 0 Å². The molecule has 206 valence electrons. The van der Waals surface area contributed by atoms with E-state index >= 15 is 0 Å². The van der Waals surface area contributed by atoms with Crippen molar-refractivity contribution in [2.24, 2.45) is 0 Å². The number of fused-ring (bicyclic) bond motifs is 3. The molecule has 8 rings (SSSR count). The fourth-order valence-corrected chi connectivity index (χ4v) is 5.62. The second kappa shape index (κ2) is 11.0. The first-order valence-corrected chi connectivity index (χ1v) is 14.6. The maximum Gasteiger partial charge on any atom is 0.160 e. The van der Waals surface area contributed by atoms with Crippen molar-refractivity contribution in [2.45, 2.75) is 0 Å². The molecule has 8 aromatic rings. The van der Waals surface area contributed by atoms with E-state index in [0.717, 1.165) is 72.3 Å². The zero-order valence-corrected chi connectivity index (χ0v) is 23.8. The Bertz CT molecular complexity index is 2190. The van der Waals surface area contributed by atoms with Crippen molar-refractivity contribution in [1.82, 2.24) is 19.9 Å². The standard InChI is InChI=1S/C40H26N4/c1-3-8-29(9-4-1)36-26-37(44-40(43-36)34-10-5-2-6-11-34)31-19-15-28(16-20-31)27-13-17-30(18-14-27)35-24-23-33-22-21-32-12-7-25-41-38(32)39(33)42-35/h1-26H. The van der Waals surface area contributed by atoms with Gasteiger partial charge >= 0.3 is 0 Å². The molecule has 0 saturated heterocycles. The van der Waals surface area contributed by atoms with E-state index in [1.807, 2.05) is 60.8 Å². The second-order valence-electron chi connectivity index (χ2n) is 10.8. The molecule has 0 aliphatic carbocycles. The smallest absolute Gasteiger partial charge is 0.160 e. The fourth-order valence-electron chi connectivity index (χ4n) is 5.62. The molecule has 4 nitrogen and oxygen atoms in total. The largest absolute Gasteiger partial charge is 0.254 e. The molecule has 44 heavy (non-hydrogen) atoms. The van der Waals surface area contributed by atoms with Gasteiger partial charge in [-0.25, -0.2) is 15.0 Å². The number of hydrogen-bond acceptors (Lipinski definition) is 4. The average Bonchev–Trinajstić information content (AvgIpc) is 3.12. The van der Waals surface area contributed by atoms with E-state index in [1.165, 1.54) is 0 Å². The quantitative estimate of drug-likeness (QED) is 0.196. The van der Waals surface area contributed by atoms with E-state index in [-0.39, 0.29) is 0 Å². The van der Waals surface area contributed by atoms with Gasteiger partial charge in [0.15, 0.2) is 5.82 Å². The first-order chi connectivity index (χ1) is 21.8. The van der Waals surface area contributed by atoms with Crippen LogP contribution in [0.15, 0.2) is 158 Å². The van der Waals surface area contributed by atoms with Crippen LogP contribution in [0.2, 0.25) is 0 Å². The Balaban J connectivity index is 1.11. The molecular weight excluding hydrogens is 536 g/mol. The maximum absolute atomic E-state index is 5.00. The lowest BCUT2D eigenvalue weighted by Gasteiger charge is -2.10. The van der Waals surface area contributed by atoms with Crippen LogP contribution in [0.4, 0.5) is 0 Å². The van der Waals surface area contributed by atoms with E-state index in [2.05, 4.69) is 102 Å². The highest BCUT2D eigenvalue weighted by molar-refractivity contribution is 6.03. The van der Waals surface area contributed by atoms with Crippen molar-refractivity contribution in [1.29, 1.82) is 0 Å². The Morgan fingerprint density at radius 1 is 0.318 bits per heavy atom. The van der Waals surface area contributed by atoms with Gasteiger partial charge in [0.05, 0.1) is 28.1 Å². The molecular formula is C40H26N4. The average molecular weight is 563 g/mol. The van der Waals surface area contributed by atoms with E-state index in [4.69, 9.17) is 15.0 Å². The summed E-state index contributed by atoms with van der Waals surface area (Å²) in [6.07, 6.45) is 1.82. The molecule has 4 heteroatoms. The van der Waals surface area contributed by atoms with Gasteiger partial charge < -0.3 is 0 Å². The summed E-state index contributed by atoms with van der Waals surface area (Å²) in [5, 5.41) is 2.19. The van der Waals surface area contributed by atoms with Crippen LogP contribution in [-0.2, 0) is 0 Å². The molecule has 0 N–H and O–H groups in total. The number of nitrogens with zero attached hydrogens (tertiary/aromatic N) is 4. The van der Waals surface area contributed by atoms with Crippen LogP contribution in [0.5, 0.6) is 0 Å². The predicted octanol–water partition coefficient (Wildman–Crippen LogP) is 9.91. The SMILES string of the molecule is c1ccc(-c2cc(-c3ccc(-c4ccc(-c5ccc6ccc7cccnc7c6n5)cc4)cc3)nc(-c3ccccc3)n2)cc1. The van der Waals surface area contributed by atoms with Gasteiger partial charge in [0.25, 0.3) is 0 Å². The molecule has 3 heterocycles. The Morgan fingerprint density at radius 3 is 1.45 bits per heavy atom. The minimum absolute atomic E-state index is 0.715. The van der Waals surface area contributed by atoms with Crippen molar-refractivity contribution in [2.75, 3.05) is 0 Å². The second-order valence-corrected chi connectivity index (χ2v) is 10.8. The number of pyridine rings is 2. The number of hydrogen-bond donors (Lipinski definition) is 0. The van der Waals surface area contributed by atoms with Gasteiger partial charge in [-0.1, -0.05) is 133 Å². The van der Waals surface area contributed by atoms with Crippen molar-refractivity contribution in [3.63, 3.8) is 0 Å². The molecule has 3 aromatic heterocycles. The zero-order chi connectivity index (χ0) is 29.3. The molecule has 0 saturated carbocycles. The van der Waals surface area contributed by atoms with Gasteiger partial charge in [0, 0.05) is 39.2 Å². The lowest BCUT2D eigenvalue weighted by atomic mass is 10.00. The Labute approximate surface area is 255 Å². The molecule has 0 atom stereocenters. The topological polar surface area (TPSA) is 51.6 Å². The fraction of sp³-hybridized carbons (Fsp3) is 0. The summed E-state index contributed by atoms with van der Waals surface area (Å²) in [6.45, 7) is 0. The van der Waals surface area contributed by atoms with Crippen LogP contribution in [0.1, 0.15) is 0 Å². The van der Waals surface area contributed by atoms with Gasteiger partial charge in [-0.2, -0.15) is 0 Å². The zero-order valence-electron chi connectivity index (χ0n) is 23.8. The van der Waals surface area contributed by atoms with Gasteiger partial charge in [-0.15, -0.1) is 0 Å². The number of aromatic nitrogens is 4. The minimum Gasteiger partial charge on any atom is -0.254 e. The lowest BCUT2D eigenvalue weighted by molar-refractivity contribution is 1.18. The first-order valence-electron chi connectivity index (χ1n) is 14.6. The molecule has 0 bridgehead atoms. The first kappa shape index (κ1) is 25.7. The van der Waals surface area contributed by atoms with Gasteiger partial charge in [-0.05, 0) is 29.3 Å². The summed E-state index contributed by atoms with van der Waals surface area (Å²) in [7, 11) is 0. The van der Waals surface area contributed by atoms with Crippen molar-refractivity contribution in [3.8, 4) is 56.3 Å². The summed E-state index contributed by atoms with van der Waals surface area (Å²) in [6, 6.07) is 52.1. The summed E-state index contributed by atoms with van der Waals surface area (Å²) >= 11 is 0. The lowest BCUT2D eigenvalue weighted by Crippen LogP contribution is -1.95. The molecule has 0 amide bonds. The summed E-state index contributed by atoms with van der Waals surface area (Å²) in [4.78, 5) is 19.5. The number of benzene rings is 5. The van der Waals surface area contributed by atoms with E-state index in [1.54, 1.807) is 0 Å². The third kappa shape index (κ3) is 4.89. The molecule has 0 aliphatic heterocycles. The summed E-state index contributed by atoms with van der Waals surface area (Å²) in [5.74, 6) is 0.715. The third-order valence-electron chi connectivity index (χ3n) is 7.95. The van der Waals surface area contributed by atoms with Crippen LogP contribution in [0.25, 0.3) is 78.1 Å². The van der Waals surface area contributed by atoms with Crippen LogP contribution in [0, 0.1) is 0 Å². The number of rotatable bonds is 5. The third-order valence-corrected chi connectivity index (χ3v) is 7.95. The Hall–Kier alpha value is -6.00. The monoisotopic (exact) mass is 562 g/mol.